The Bertz CT molecular complexity index is 1070. The fraction of sp³-hybridized carbons (Fsp3) is 0.304. The smallest absolute Gasteiger partial charge is 0.275 e. The fourth-order valence-electron chi connectivity index (χ4n) is 3.54. The second-order valence-corrected chi connectivity index (χ2v) is 7.56. The summed E-state index contributed by atoms with van der Waals surface area (Å²) in [5.74, 6) is -1.72. The van der Waals surface area contributed by atoms with Gasteiger partial charge in [-0.2, -0.15) is 0 Å². The van der Waals surface area contributed by atoms with Gasteiger partial charge in [-0.15, -0.1) is 0 Å². The van der Waals surface area contributed by atoms with Crippen molar-refractivity contribution in [2.75, 3.05) is 26.7 Å². The van der Waals surface area contributed by atoms with Crippen molar-refractivity contribution in [3.63, 3.8) is 0 Å². The lowest BCUT2D eigenvalue weighted by Gasteiger charge is -2.30. The first-order chi connectivity index (χ1) is 15.0. The Morgan fingerprint density at radius 1 is 1.16 bits per heavy atom. The average Bonchev–Trinajstić information content (AvgIpc) is 3.26. The first-order valence-corrected chi connectivity index (χ1v) is 10.1. The highest BCUT2D eigenvalue weighted by molar-refractivity contribution is 5.92. The Morgan fingerprint density at radius 2 is 1.97 bits per heavy atom. The van der Waals surface area contributed by atoms with Gasteiger partial charge >= 0.3 is 0 Å². The van der Waals surface area contributed by atoms with Gasteiger partial charge in [-0.05, 0) is 29.7 Å². The van der Waals surface area contributed by atoms with Gasteiger partial charge in [-0.1, -0.05) is 29.4 Å². The summed E-state index contributed by atoms with van der Waals surface area (Å²) in [6.07, 6.45) is 1.01. The number of hydrogen-bond acceptors (Lipinski definition) is 5. The third-order valence-corrected chi connectivity index (χ3v) is 5.36. The molecule has 31 heavy (non-hydrogen) atoms. The quantitative estimate of drug-likeness (QED) is 0.576. The summed E-state index contributed by atoms with van der Waals surface area (Å²) in [6, 6.07) is 13.2. The van der Waals surface area contributed by atoms with Gasteiger partial charge in [0.25, 0.3) is 5.91 Å². The number of aromatic nitrogens is 1. The van der Waals surface area contributed by atoms with E-state index in [9.17, 15) is 13.6 Å². The molecule has 0 saturated heterocycles. The largest absolute Gasteiger partial charge is 0.485 e. The van der Waals surface area contributed by atoms with Crippen LogP contribution in [0.15, 0.2) is 53.1 Å². The zero-order valence-electron chi connectivity index (χ0n) is 17.2. The van der Waals surface area contributed by atoms with Crippen molar-refractivity contribution >= 4 is 5.91 Å². The zero-order chi connectivity index (χ0) is 21.8. The van der Waals surface area contributed by atoms with E-state index in [0.29, 0.717) is 12.3 Å². The van der Waals surface area contributed by atoms with Crippen LogP contribution in [0.25, 0.3) is 0 Å². The van der Waals surface area contributed by atoms with E-state index in [1.54, 1.807) is 11.9 Å². The van der Waals surface area contributed by atoms with E-state index in [0.717, 1.165) is 38.2 Å². The molecule has 0 radical (unpaired) electrons. The molecule has 0 aliphatic carbocycles. The lowest BCUT2D eigenvalue weighted by Crippen LogP contribution is -2.38. The molecular weight excluding hydrogens is 404 g/mol. The summed E-state index contributed by atoms with van der Waals surface area (Å²) in [5, 5.41) is 3.81. The molecule has 3 aromatic rings. The Balaban J connectivity index is 1.27. The molecular formula is C23H23F2N3O3. The normalized spacial score (nSPS) is 13.6. The first-order valence-electron chi connectivity index (χ1n) is 10.1. The molecule has 0 spiro atoms. The van der Waals surface area contributed by atoms with Crippen molar-refractivity contribution < 1.29 is 22.8 Å². The highest BCUT2D eigenvalue weighted by Crippen LogP contribution is 2.19. The average molecular weight is 427 g/mol. The molecule has 1 amide bonds. The lowest BCUT2D eigenvalue weighted by molar-refractivity contribution is 0.0764. The molecule has 1 aliphatic rings. The van der Waals surface area contributed by atoms with E-state index >= 15 is 0 Å². The molecule has 0 unspecified atom stereocenters. The molecule has 2 heterocycles. The zero-order valence-corrected chi connectivity index (χ0v) is 17.2. The Hall–Kier alpha value is -3.26. The molecule has 8 heteroatoms. The first kappa shape index (κ1) is 21.0. The van der Waals surface area contributed by atoms with Crippen molar-refractivity contribution in [2.24, 2.45) is 0 Å². The van der Waals surface area contributed by atoms with Crippen LogP contribution >= 0.6 is 0 Å². The lowest BCUT2D eigenvalue weighted by atomic mass is 10.00. The van der Waals surface area contributed by atoms with E-state index in [1.807, 2.05) is 0 Å². The van der Waals surface area contributed by atoms with Crippen LogP contribution in [0.3, 0.4) is 0 Å². The molecule has 2 aromatic carbocycles. The fourth-order valence-corrected chi connectivity index (χ4v) is 3.54. The molecule has 1 aromatic heterocycles. The topological polar surface area (TPSA) is 58.8 Å². The van der Waals surface area contributed by atoms with E-state index in [2.05, 4.69) is 34.3 Å². The Labute approximate surface area is 179 Å². The van der Waals surface area contributed by atoms with Crippen LogP contribution in [0.4, 0.5) is 8.78 Å². The number of carbonyl (C=O) groups is 1. The maximum atomic E-state index is 13.2. The number of rotatable bonds is 7. The van der Waals surface area contributed by atoms with Gasteiger partial charge in [0.15, 0.2) is 23.1 Å². The summed E-state index contributed by atoms with van der Waals surface area (Å²) < 4.78 is 36.7. The van der Waals surface area contributed by atoms with Crippen molar-refractivity contribution in [1.29, 1.82) is 0 Å². The van der Waals surface area contributed by atoms with Crippen LogP contribution in [0, 0.1) is 11.6 Å². The van der Waals surface area contributed by atoms with Crippen LogP contribution in [-0.4, -0.2) is 47.5 Å². The molecule has 162 valence electrons. The number of amides is 1. The van der Waals surface area contributed by atoms with E-state index in [4.69, 9.17) is 9.26 Å². The van der Waals surface area contributed by atoms with Crippen LogP contribution in [-0.2, 0) is 19.6 Å². The molecule has 4 rings (SSSR count). The van der Waals surface area contributed by atoms with Gasteiger partial charge in [-0.3, -0.25) is 9.69 Å². The van der Waals surface area contributed by atoms with E-state index < -0.39 is 11.6 Å². The highest BCUT2D eigenvalue weighted by Gasteiger charge is 2.20. The number of likely N-dealkylation sites (N-methyl/N-ethyl adjacent to an activating group) is 1. The number of carbonyl (C=O) groups excluding carboxylic acids is 1. The number of benzene rings is 2. The third-order valence-electron chi connectivity index (χ3n) is 5.36. The summed E-state index contributed by atoms with van der Waals surface area (Å²) in [7, 11) is 1.73. The van der Waals surface area contributed by atoms with Crippen LogP contribution < -0.4 is 4.74 Å². The van der Waals surface area contributed by atoms with E-state index in [-0.39, 0.29) is 24.0 Å². The van der Waals surface area contributed by atoms with Crippen LogP contribution in [0.2, 0.25) is 0 Å². The van der Waals surface area contributed by atoms with Crippen molar-refractivity contribution in [3.05, 3.63) is 82.7 Å². The SMILES string of the molecule is CN(CCN1CCc2ccccc2C1)C(=O)c1cc(COc2ccc(F)c(F)c2)on1. The summed E-state index contributed by atoms with van der Waals surface area (Å²) >= 11 is 0. The van der Waals surface area contributed by atoms with Gasteiger partial charge < -0.3 is 14.2 Å². The highest BCUT2D eigenvalue weighted by atomic mass is 19.2. The van der Waals surface area contributed by atoms with Gasteiger partial charge in [0.05, 0.1) is 0 Å². The van der Waals surface area contributed by atoms with Gasteiger partial charge in [-0.25, -0.2) is 8.78 Å². The standard InChI is InChI=1S/C23H23F2N3O3/c1-27(10-11-28-9-8-16-4-2-3-5-17(16)14-28)23(29)22-13-19(31-26-22)15-30-18-6-7-20(24)21(25)12-18/h2-7,12-13H,8-11,14-15H2,1H3. The molecule has 0 bridgehead atoms. The Kier molecular flexibility index (Phi) is 6.27. The number of halogens is 2. The van der Waals surface area contributed by atoms with Crippen LogP contribution in [0.5, 0.6) is 5.75 Å². The summed E-state index contributed by atoms with van der Waals surface area (Å²) in [6.45, 7) is 3.12. The number of hydrogen-bond donors (Lipinski definition) is 0. The van der Waals surface area contributed by atoms with Crippen LogP contribution in [0.1, 0.15) is 27.4 Å². The predicted octanol–water partition coefficient (Wildman–Crippen LogP) is 3.66. The molecule has 0 N–H and O–H groups in total. The predicted molar refractivity (Wildman–Crippen MR) is 110 cm³/mol. The molecule has 6 nitrogen and oxygen atoms in total. The third kappa shape index (κ3) is 5.08. The minimum atomic E-state index is -0.996. The van der Waals surface area contributed by atoms with Gasteiger partial charge in [0.2, 0.25) is 0 Å². The molecule has 0 atom stereocenters. The number of nitrogens with zero attached hydrogens (tertiary/aromatic N) is 3. The van der Waals surface area contributed by atoms with Gasteiger partial charge in [0.1, 0.15) is 12.4 Å². The van der Waals surface area contributed by atoms with Crippen molar-refractivity contribution in [3.8, 4) is 5.75 Å². The molecule has 0 saturated carbocycles. The number of fused-ring (bicyclic) bond motifs is 1. The minimum Gasteiger partial charge on any atom is -0.485 e. The van der Waals surface area contributed by atoms with Crippen molar-refractivity contribution in [2.45, 2.75) is 19.6 Å². The summed E-state index contributed by atoms with van der Waals surface area (Å²) in [5.41, 5.74) is 2.91. The number of ether oxygens (including phenoxy) is 1. The monoisotopic (exact) mass is 427 g/mol. The second-order valence-electron chi connectivity index (χ2n) is 7.56. The molecule has 1 aliphatic heterocycles. The summed E-state index contributed by atoms with van der Waals surface area (Å²) in [4.78, 5) is 16.6. The maximum absolute atomic E-state index is 13.2. The van der Waals surface area contributed by atoms with E-state index in [1.165, 1.54) is 23.3 Å². The van der Waals surface area contributed by atoms with Crippen molar-refractivity contribution in [1.82, 2.24) is 15.0 Å². The molecule has 0 fully saturated rings. The Morgan fingerprint density at radius 3 is 2.77 bits per heavy atom. The minimum absolute atomic E-state index is 0.0533. The second kappa shape index (κ2) is 9.26. The maximum Gasteiger partial charge on any atom is 0.275 e. The van der Waals surface area contributed by atoms with Gasteiger partial charge in [0, 0.05) is 45.4 Å².